The van der Waals surface area contributed by atoms with Crippen LogP contribution < -0.4 is 14.8 Å². The van der Waals surface area contributed by atoms with Gasteiger partial charge in [-0.3, -0.25) is 20.2 Å². The number of thiazole rings is 1. The van der Waals surface area contributed by atoms with Crippen LogP contribution in [0.25, 0.3) is 11.3 Å². The summed E-state index contributed by atoms with van der Waals surface area (Å²) in [5, 5.41) is 15.6. The van der Waals surface area contributed by atoms with E-state index in [4.69, 9.17) is 9.47 Å². The van der Waals surface area contributed by atoms with Crippen molar-refractivity contribution in [2.45, 2.75) is 0 Å². The molecule has 3 rings (SSSR count). The van der Waals surface area contributed by atoms with Crippen molar-refractivity contribution < 1.29 is 19.2 Å². The predicted octanol–water partition coefficient (Wildman–Crippen LogP) is 3.99. The molecule has 8 nitrogen and oxygen atoms in total. The Hall–Kier alpha value is -3.46. The first kappa shape index (κ1) is 18.3. The van der Waals surface area contributed by atoms with Gasteiger partial charge in [-0.1, -0.05) is 0 Å². The molecular formula is C18H15N3O5S. The molecular weight excluding hydrogens is 370 g/mol. The Kier molecular flexibility index (Phi) is 5.32. The third-order valence-electron chi connectivity index (χ3n) is 3.75. The number of benzene rings is 2. The Morgan fingerprint density at radius 3 is 2.52 bits per heavy atom. The SMILES string of the molecule is COc1ccc(OC)c(C(=O)Nc2nc(-c3ccc([N+](=O)[O-])cc3)cs2)c1. The smallest absolute Gasteiger partial charge is 0.269 e. The van der Waals surface area contributed by atoms with E-state index in [0.29, 0.717) is 27.9 Å². The summed E-state index contributed by atoms with van der Waals surface area (Å²) in [7, 11) is 3.00. The highest BCUT2D eigenvalue weighted by molar-refractivity contribution is 7.14. The van der Waals surface area contributed by atoms with Crippen LogP contribution in [0.2, 0.25) is 0 Å². The number of nitro groups is 1. The van der Waals surface area contributed by atoms with Crippen LogP contribution >= 0.6 is 11.3 Å². The summed E-state index contributed by atoms with van der Waals surface area (Å²) in [6.45, 7) is 0. The van der Waals surface area contributed by atoms with E-state index in [1.807, 2.05) is 0 Å². The highest BCUT2D eigenvalue weighted by Crippen LogP contribution is 2.28. The highest BCUT2D eigenvalue weighted by atomic mass is 32.1. The molecule has 0 saturated carbocycles. The number of anilines is 1. The first-order valence-corrected chi connectivity index (χ1v) is 8.63. The second-order valence-corrected chi connectivity index (χ2v) is 6.22. The summed E-state index contributed by atoms with van der Waals surface area (Å²) < 4.78 is 10.4. The zero-order valence-electron chi connectivity index (χ0n) is 14.5. The average Bonchev–Trinajstić information content (AvgIpc) is 3.15. The normalized spacial score (nSPS) is 10.3. The molecule has 3 aromatic rings. The lowest BCUT2D eigenvalue weighted by atomic mass is 10.1. The van der Waals surface area contributed by atoms with Gasteiger partial charge in [-0.05, 0) is 30.3 Å². The number of rotatable bonds is 6. The maximum absolute atomic E-state index is 12.6. The molecule has 0 aliphatic carbocycles. The van der Waals surface area contributed by atoms with Gasteiger partial charge in [-0.25, -0.2) is 4.98 Å². The Labute approximate surface area is 158 Å². The van der Waals surface area contributed by atoms with Crippen molar-refractivity contribution >= 4 is 28.1 Å². The zero-order chi connectivity index (χ0) is 19.4. The number of methoxy groups -OCH3 is 2. The van der Waals surface area contributed by atoms with Crippen LogP contribution in [0.4, 0.5) is 10.8 Å². The van der Waals surface area contributed by atoms with Gasteiger partial charge in [-0.15, -0.1) is 11.3 Å². The third kappa shape index (κ3) is 4.04. The molecule has 0 atom stereocenters. The quantitative estimate of drug-likeness (QED) is 0.508. The van der Waals surface area contributed by atoms with E-state index in [1.54, 1.807) is 35.7 Å². The molecule has 138 valence electrons. The molecule has 1 aromatic heterocycles. The van der Waals surface area contributed by atoms with Crippen LogP contribution in [-0.2, 0) is 0 Å². The molecule has 0 fully saturated rings. The Bertz CT molecular complexity index is 985. The molecule has 0 spiro atoms. The van der Waals surface area contributed by atoms with E-state index >= 15 is 0 Å². The van der Waals surface area contributed by atoms with Gasteiger partial charge in [0.2, 0.25) is 0 Å². The fourth-order valence-corrected chi connectivity index (χ4v) is 3.09. The number of hydrogen-bond acceptors (Lipinski definition) is 7. The Morgan fingerprint density at radius 1 is 1.15 bits per heavy atom. The maximum atomic E-state index is 12.6. The minimum Gasteiger partial charge on any atom is -0.497 e. The van der Waals surface area contributed by atoms with Crippen LogP contribution in [0.5, 0.6) is 11.5 Å². The van der Waals surface area contributed by atoms with E-state index in [2.05, 4.69) is 10.3 Å². The highest BCUT2D eigenvalue weighted by Gasteiger charge is 2.16. The largest absolute Gasteiger partial charge is 0.497 e. The first-order valence-electron chi connectivity index (χ1n) is 7.75. The molecule has 0 aliphatic heterocycles. The van der Waals surface area contributed by atoms with Gasteiger partial charge >= 0.3 is 0 Å². The van der Waals surface area contributed by atoms with Crippen molar-refractivity contribution in [3.05, 3.63) is 63.5 Å². The van der Waals surface area contributed by atoms with Gasteiger partial charge in [0.05, 0.1) is 30.4 Å². The van der Waals surface area contributed by atoms with Crippen molar-refractivity contribution in [3.8, 4) is 22.8 Å². The summed E-state index contributed by atoms with van der Waals surface area (Å²) in [6, 6.07) is 11.0. The molecule has 0 radical (unpaired) electrons. The second-order valence-electron chi connectivity index (χ2n) is 5.36. The van der Waals surface area contributed by atoms with Gasteiger partial charge in [-0.2, -0.15) is 0 Å². The van der Waals surface area contributed by atoms with Crippen LogP contribution in [0.3, 0.4) is 0 Å². The molecule has 1 N–H and O–H groups in total. The lowest BCUT2D eigenvalue weighted by molar-refractivity contribution is -0.384. The lowest BCUT2D eigenvalue weighted by Crippen LogP contribution is -2.13. The summed E-state index contributed by atoms with van der Waals surface area (Å²) in [4.78, 5) is 27.2. The molecule has 1 amide bonds. The topological polar surface area (TPSA) is 104 Å². The monoisotopic (exact) mass is 385 g/mol. The number of carbonyl (C=O) groups is 1. The Morgan fingerprint density at radius 2 is 1.89 bits per heavy atom. The van der Waals surface area contributed by atoms with Gasteiger partial charge in [0.25, 0.3) is 11.6 Å². The maximum Gasteiger partial charge on any atom is 0.269 e. The standard InChI is InChI=1S/C18H15N3O5S/c1-25-13-7-8-16(26-2)14(9-13)17(22)20-18-19-15(10-27-18)11-3-5-12(6-4-11)21(23)24/h3-10H,1-2H3,(H,19,20,22). The van der Waals surface area contributed by atoms with E-state index in [9.17, 15) is 14.9 Å². The van der Waals surface area contributed by atoms with Crippen LogP contribution in [0.15, 0.2) is 47.8 Å². The van der Waals surface area contributed by atoms with Crippen molar-refractivity contribution in [1.82, 2.24) is 4.98 Å². The third-order valence-corrected chi connectivity index (χ3v) is 4.51. The number of aromatic nitrogens is 1. The van der Waals surface area contributed by atoms with Gasteiger partial charge in [0, 0.05) is 23.1 Å². The van der Waals surface area contributed by atoms with E-state index in [-0.39, 0.29) is 11.6 Å². The van der Waals surface area contributed by atoms with Crippen LogP contribution in [-0.4, -0.2) is 30.0 Å². The molecule has 0 unspecified atom stereocenters. The summed E-state index contributed by atoms with van der Waals surface area (Å²) >= 11 is 1.25. The molecule has 1 heterocycles. The number of hydrogen-bond donors (Lipinski definition) is 1. The number of ether oxygens (including phenoxy) is 2. The van der Waals surface area contributed by atoms with E-state index < -0.39 is 4.92 Å². The molecule has 27 heavy (non-hydrogen) atoms. The molecule has 0 saturated heterocycles. The summed E-state index contributed by atoms with van der Waals surface area (Å²) in [5.74, 6) is 0.572. The number of non-ortho nitro benzene ring substituents is 1. The minimum absolute atomic E-state index is 0.00706. The fraction of sp³-hybridized carbons (Fsp3) is 0.111. The predicted molar refractivity (Wildman–Crippen MR) is 102 cm³/mol. The molecule has 9 heteroatoms. The van der Waals surface area contributed by atoms with Gasteiger partial charge in [0.15, 0.2) is 5.13 Å². The number of nitrogens with one attached hydrogen (secondary N) is 1. The van der Waals surface area contributed by atoms with Crippen molar-refractivity contribution in [2.75, 3.05) is 19.5 Å². The zero-order valence-corrected chi connectivity index (χ0v) is 15.3. The number of nitrogens with zero attached hydrogens (tertiary/aromatic N) is 2. The molecule has 2 aromatic carbocycles. The van der Waals surface area contributed by atoms with Gasteiger partial charge < -0.3 is 9.47 Å². The number of nitro benzene ring substituents is 1. The average molecular weight is 385 g/mol. The van der Waals surface area contributed by atoms with Crippen LogP contribution in [0, 0.1) is 10.1 Å². The fourth-order valence-electron chi connectivity index (χ4n) is 2.37. The van der Waals surface area contributed by atoms with E-state index in [1.165, 1.54) is 37.7 Å². The molecule has 0 bridgehead atoms. The number of amides is 1. The molecule has 0 aliphatic rings. The second kappa shape index (κ2) is 7.83. The van der Waals surface area contributed by atoms with Crippen molar-refractivity contribution in [2.24, 2.45) is 0 Å². The van der Waals surface area contributed by atoms with Crippen LogP contribution in [0.1, 0.15) is 10.4 Å². The van der Waals surface area contributed by atoms with E-state index in [0.717, 1.165) is 5.56 Å². The van der Waals surface area contributed by atoms with Crippen molar-refractivity contribution in [3.63, 3.8) is 0 Å². The van der Waals surface area contributed by atoms with Crippen molar-refractivity contribution in [1.29, 1.82) is 0 Å². The number of carbonyl (C=O) groups excluding carboxylic acids is 1. The lowest BCUT2D eigenvalue weighted by Gasteiger charge is -2.09. The minimum atomic E-state index is -0.460. The van der Waals surface area contributed by atoms with Gasteiger partial charge in [0.1, 0.15) is 11.5 Å². The summed E-state index contributed by atoms with van der Waals surface area (Å²) in [5.41, 5.74) is 1.66. The first-order chi connectivity index (χ1) is 13.0. The Balaban J connectivity index is 1.79. The summed E-state index contributed by atoms with van der Waals surface area (Å²) in [6.07, 6.45) is 0.